The van der Waals surface area contributed by atoms with Crippen LogP contribution in [0.25, 0.3) is 10.9 Å². The fourth-order valence-corrected chi connectivity index (χ4v) is 10.9. The number of amides is 4. The van der Waals surface area contributed by atoms with Gasteiger partial charge in [-0.2, -0.15) is 0 Å². The first kappa shape index (κ1) is 44.7. The number of allylic oxidation sites excluding steroid dienone is 2. The van der Waals surface area contributed by atoms with Gasteiger partial charge in [-0.25, -0.2) is 13.4 Å². The van der Waals surface area contributed by atoms with Gasteiger partial charge in [0.25, 0.3) is 5.91 Å². The molecule has 4 heterocycles. The van der Waals surface area contributed by atoms with Crippen molar-refractivity contribution < 1.29 is 46.9 Å². The second-order valence-electron chi connectivity index (χ2n) is 18.1. The number of rotatable bonds is 11. The molecule has 0 radical (unpaired) electrons. The van der Waals surface area contributed by atoms with Crippen LogP contribution < -0.4 is 29.6 Å². The zero-order chi connectivity index (χ0) is 44.1. The van der Waals surface area contributed by atoms with Crippen LogP contribution in [0.4, 0.5) is 0 Å². The average molecular weight is 882 g/mol. The van der Waals surface area contributed by atoms with Gasteiger partial charge in [-0.05, 0) is 98.6 Å². The Bertz CT molecular complexity index is 2250. The number of nitrogens with one attached hydrogen (secondary N) is 3. The van der Waals surface area contributed by atoms with Crippen molar-refractivity contribution in [3.05, 3.63) is 46.9 Å². The smallest absolute Gasteiger partial charge is 0.259 e. The number of aliphatic hydroxyl groups is 1. The van der Waals surface area contributed by atoms with Gasteiger partial charge in [0.2, 0.25) is 33.6 Å². The topological polar surface area (TPSA) is 203 Å². The molecule has 2 unspecified atom stereocenters. The molecule has 1 saturated heterocycles. The Morgan fingerprint density at radius 3 is 2.56 bits per heavy atom. The van der Waals surface area contributed by atoms with Crippen LogP contribution in [0.2, 0.25) is 0 Å². The van der Waals surface area contributed by atoms with Crippen molar-refractivity contribution in [1.82, 2.24) is 25.2 Å². The molecule has 4 N–H and O–H groups in total. The number of carbonyl (C=O) groups excluding carboxylic acids is 4. The molecule has 5 aliphatic rings. The van der Waals surface area contributed by atoms with Crippen molar-refractivity contribution in [1.29, 1.82) is 0 Å². The van der Waals surface area contributed by atoms with Crippen LogP contribution in [0, 0.1) is 12.8 Å². The van der Waals surface area contributed by atoms with Crippen molar-refractivity contribution in [2.75, 3.05) is 13.7 Å². The molecule has 2 saturated carbocycles. The highest BCUT2D eigenvalue weighted by molar-refractivity contribution is 8.04. The van der Waals surface area contributed by atoms with Gasteiger partial charge >= 0.3 is 0 Å². The molecule has 7 rings (SSSR count). The van der Waals surface area contributed by atoms with Gasteiger partial charge in [-0.1, -0.05) is 31.1 Å². The van der Waals surface area contributed by atoms with Crippen LogP contribution in [0.3, 0.4) is 0 Å². The van der Waals surface area contributed by atoms with Gasteiger partial charge in [0.15, 0.2) is 0 Å². The van der Waals surface area contributed by atoms with Crippen molar-refractivity contribution >= 4 is 56.3 Å². The highest BCUT2D eigenvalue weighted by Gasteiger charge is 2.63. The number of aryl methyl sites for hydroxylation is 1. The summed E-state index contributed by atoms with van der Waals surface area (Å²) in [7, 11) is -2.44. The number of hydrogen-bond acceptors (Lipinski definition) is 12. The number of sulfonamides is 1. The molecule has 17 heteroatoms. The Morgan fingerprint density at radius 2 is 1.89 bits per heavy atom. The molecule has 3 aliphatic heterocycles. The lowest BCUT2D eigenvalue weighted by atomic mass is 10.0. The third-order valence-electron chi connectivity index (χ3n) is 12.5. The van der Waals surface area contributed by atoms with Gasteiger partial charge in [-0.3, -0.25) is 23.9 Å². The number of carbonyl (C=O) groups is 4. The van der Waals surface area contributed by atoms with Gasteiger partial charge < -0.3 is 34.9 Å². The highest BCUT2D eigenvalue weighted by atomic mass is 32.2. The van der Waals surface area contributed by atoms with Crippen LogP contribution in [-0.4, -0.2) is 106 Å². The Morgan fingerprint density at radius 1 is 1.13 bits per heavy atom. The molecule has 4 amide bonds. The van der Waals surface area contributed by atoms with Crippen molar-refractivity contribution in [3.63, 3.8) is 0 Å². The minimum Gasteiger partial charge on any atom is -0.496 e. The van der Waals surface area contributed by atoms with E-state index in [1.807, 2.05) is 51.1 Å². The number of aromatic nitrogens is 1. The minimum absolute atomic E-state index is 0.0273. The van der Waals surface area contributed by atoms with E-state index in [9.17, 15) is 32.7 Å². The fourth-order valence-electron chi connectivity index (χ4n) is 8.39. The molecule has 0 spiro atoms. The quantitative estimate of drug-likeness (QED) is 0.227. The Kier molecular flexibility index (Phi) is 12.5. The standard InChI is InChI=1S/C44H59N5O10S2/c1-25(2)58-36-22-33(29-15-16-32(57-7)26(3)37(29)46-36)59-28-21-31-38(50)47-44(41(53)48-61(55,56)43(6)19-20-43)23-27(44)13-11-9-8-10-12-14-30(40(52)49(31)24-28)45-39(51)34-17-18-35(60-34)42(4,5)54/h11,13,15-16,18,22,25,27-28,30-31,34,54H,8-10,12,14,17,19-21,23-24H2,1-7H3,(H,45,51)(H,47,50)(H,48,53)/b13-11-/t27?,28-,30+,31+,34?,44-/m1/s1. The lowest BCUT2D eigenvalue weighted by Crippen LogP contribution is -2.59. The molecule has 2 aliphatic carbocycles. The normalized spacial score (nSPS) is 28.4. The van der Waals surface area contributed by atoms with E-state index < -0.39 is 73.0 Å². The number of pyridine rings is 1. The first-order valence-corrected chi connectivity index (χ1v) is 23.7. The maximum atomic E-state index is 14.9. The third kappa shape index (κ3) is 9.38. The number of benzene rings is 1. The summed E-state index contributed by atoms with van der Waals surface area (Å²) in [5, 5.41) is 16.6. The lowest BCUT2D eigenvalue weighted by molar-refractivity contribution is -0.142. The summed E-state index contributed by atoms with van der Waals surface area (Å²) in [5.74, 6) is -1.33. The molecule has 6 atom stereocenters. The molecule has 2 aromatic rings. The summed E-state index contributed by atoms with van der Waals surface area (Å²) in [6.45, 7) is 10.5. The first-order chi connectivity index (χ1) is 28.7. The van der Waals surface area contributed by atoms with Gasteiger partial charge in [0.1, 0.15) is 35.2 Å². The van der Waals surface area contributed by atoms with Crippen LogP contribution in [0.15, 0.2) is 41.3 Å². The molecule has 3 fully saturated rings. The van der Waals surface area contributed by atoms with E-state index in [1.165, 1.54) is 16.7 Å². The number of thioether (sulfide) groups is 1. The van der Waals surface area contributed by atoms with Crippen LogP contribution >= 0.6 is 11.8 Å². The van der Waals surface area contributed by atoms with E-state index in [0.717, 1.165) is 18.4 Å². The zero-order valence-corrected chi connectivity index (χ0v) is 37.7. The third-order valence-corrected chi connectivity index (χ3v) is 16.2. The van der Waals surface area contributed by atoms with E-state index in [0.29, 0.717) is 71.7 Å². The second kappa shape index (κ2) is 17.1. The van der Waals surface area contributed by atoms with Gasteiger partial charge in [0, 0.05) is 34.3 Å². The average Bonchev–Trinajstić information content (AvgIpc) is 3.95. The fraction of sp³-hybridized carbons (Fsp3) is 0.614. The molecule has 1 aromatic carbocycles. The summed E-state index contributed by atoms with van der Waals surface area (Å²) in [4.78, 5) is 64.3. The van der Waals surface area contributed by atoms with Crippen LogP contribution in [0.1, 0.15) is 104 Å². The predicted molar refractivity (Wildman–Crippen MR) is 232 cm³/mol. The Hall–Kier alpha value is -4.35. The van der Waals surface area contributed by atoms with E-state index in [-0.39, 0.29) is 31.4 Å². The lowest BCUT2D eigenvalue weighted by Gasteiger charge is -2.30. The first-order valence-electron chi connectivity index (χ1n) is 21.3. The largest absolute Gasteiger partial charge is 0.496 e. The predicted octanol–water partition coefficient (Wildman–Crippen LogP) is 4.73. The highest BCUT2D eigenvalue weighted by Crippen LogP contribution is 2.48. The number of ether oxygens (including phenoxy) is 3. The van der Waals surface area contributed by atoms with E-state index in [2.05, 4.69) is 15.4 Å². The minimum atomic E-state index is -4.02. The molecular weight excluding hydrogens is 823 g/mol. The summed E-state index contributed by atoms with van der Waals surface area (Å²) in [6.07, 6.45) is 9.38. The van der Waals surface area contributed by atoms with Gasteiger partial charge in [0.05, 0.1) is 40.9 Å². The maximum absolute atomic E-state index is 14.9. The molecule has 1 aromatic heterocycles. The zero-order valence-electron chi connectivity index (χ0n) is 36.0. The number of fused-ring (bicyclic) bond motifs is 3. The molecule has 15 nitrogen and oxygen atoms in total. The number of methoxy groups -OCH3 is 1. The SMILES string of the molecule is COc1ccc2c(O[C@@H]3C[C@H]4C(=O)N[C@]5(C(=O)NS(=O)(=O)C6(C)CC6)CC5/C=C\CCCCC[C@H](NC(=O)C5CC=C(C(C)(C)O)S5)C(=O)N4C3)cc(OC(C)C)nc2c1C. The monoisotopic (exact) mass is 881 g/mol. The molecule has 0 bridgehead atoms. The van der Waals surface area contributed by atoms with Gasteiger partial charge in [-0.15, -0.1) is 11.8 Å². The van der Waals surface area contributed by atoms with E-state index >= 15 is 0 Å². The van der Waals surface area contributed by atoms with Crippen molar-refractivity contribution in [2.24, 2.45) is 5.92 Å². The van der Waals surface area contributed by atoms with E-state index in [4.69, 9.17) is 19.2 Å². The molecule has 61 heavy (non-hydrogen) atoms. The second-order valence-corrected chi connectivity index (χ2v) is 21.6. The number of hydrogen-bond donors (Lipinski definition) is 4. The van der Waals surface area contributed by atoms with E-state index in [1.54, 1.807) is 33.9 Å². The summed E-state index contributed by atoms with van der Waals surface area (Å²) in [6, 6.07) is 3.22. The summed E-state index contributed by atoms with van der Waals surface area (Å²) >= 11 is 1.27. The number of nitrogens with zero attached hydrogens (tertiary/aromatic N) is 2. The Balaban J connectivity index is 1.21. The molecular formula is C44H59N5O10S2. The molecule has 332 valence electrons. The summed E-state index contributed by atoms with van der Waals surface area (Å²) < 4.78 is 46.1. The summed E-state index contributed by atoms with van der Waals surface area (Å²) in [5.41, 5.74) is -1.29. The van der Waals surface area contributed by atoms with Crippen molar-refractivity contribution in [2.45, 2.75) is 151 Å². The van der Waals surface area contributed by atoms with Crippen molar-refractivity contribution in [3.8, 4) is 17.4 Å². The maximum Gasteiger partial charge on any atom is 0.259 e. The Labute approximate surface area is 362 Å². The van der Waals surface area contributed by atoms with Crippen LogP contribution in [0.5, 0.6) is 17.4 Å². The van der Waals surface area contributed by atoms with Crippen LogP contribution in [-0.2, 0) is 29.2 Å².